The summed E-state index contributed by atoms with van der Waals surface area (Å²) in [6.45, 7) is 2.12. The van der Waals surface area contributed by atoms with Gasteiger partial charge in [-0.1, -0.05) is 18.5 Å². The predicted octanol–water partition coefficient (Wildman–Crippen LogP) is 3.60. The average Bonchev–Trinajstić information content (AvgIpc) is 3.26. The lowest BCUT2D eigenvalue weighted by atomic mass is 9.88. The van der Waals surface area contributed by atoms with Gasteiger partial charge in [0.25, 0.3) is 17.5 Å². The number of hydrogen-bond acceptors (Lipinski definition) is 7. The molecule has 1 aromatic heterocycles. The van der Waals surface area contributed by atoms with Crippen LogP contribution in [0, 0.1) is 16.0 Å². The summed E-state index contributed by atoms with van der Waals surface area (Å²) >= 11 is 7.16. The fourth-order valence-electron chi connectivity index (χ4n) is 4.21. The molecule has 1 aromatic carbocycles. The largest absolute Gasteiger partial charge is 0.348 e. The number of fused-ring (bicyclic) bond motifs is 1. The van der Waals surface area contributed by atoms with Gasteiger partial charge in [0.15, 0.2) is 9.84 Å². The van der Waals surface area contributed by atoms with Crippen molar-refractivity contribution in [3.8, 4) is 0 Å². The van der Waals surface area contributed by atoms with E-state index in [0.29, 0.717) is 29.3 Å². The predicted molar refractivity (Wildman–Crippen MR) is 126 cm³/mol. The lowest BCUT2D eigenvalue weighted by molar-refractivity contribution is -0.384. The van der Waals surface area contributed by atoms with Crippen molar-refractivity contribution in [1.82, 2.24) is 5.32 Å². The van der Waals surface area contributed by atoms with E-state index in [4.69, 9.17) is 11.6 Å². The number of anilines is 1. The number of carbonyl (C=O) groups is 2. The summed E-state index contributed by atoms with van der Waals surface area (Å²) in [7, 11) is -3.16. The van der Waals surface area contributed by atoms with Gasteiger partial charge in [0.2, 0.25) is 0 Å². The molecule has 0 saturated carbocycles. The van der Waals surface area contributed by atoms with Gasteiger partial charge in [-0.3, -0.25) is 19.7 Å². The number of benzene rings is 1. The Hall–Kier alpha value is -2.50. The summed E-state index contributed by atoms with van der Waals surface area (Å²) in [5, 5.41) is 17.0. The fraction of sp³-hybridized carbons (Fsp3) is 0.429. The van der Waals surface area contributed by atoms with E-state index >= 15 is 0 Å². The monoisotopic (exact) mass is 511 g/mol. The van der Waals surface area contributed by atoms with E-state index in [1.54, 1.807) is 0 Å². The maximum Gasteiger partial charge on any atom is 0.288 e. The van der Waals surface area contributed by atoms with E-state index in [2.05, 4.69) is 17.6 Å². The molecular weight excluding hydrogens is 490 g/mol. The second-order valence-electron chi connectivity index (χ2n) is 8.51. The van der Waals surface area contributed by atoms with Gasteiger partial charge in [-0.15, -0.1) is 11.3 Å². The van der Waals surface area contributed by atoms with E-state index in [1.165, 1.54) is 23.5 Å². The van der Waals surface area contributed by atoms with Gasteiger partial charge in [0, 0.05) is 22.5 Å². The highest BCUT2D eigenvalue weighted by Gasteiger charge is 2.33. The van der Waals surface area contributed by atoms with Crippen LogP contribution >= 0.6 is 22.9 Å². The molecule has 2 atom stereocenters. The molecule has 2 heterocycles. The maximum atomic E-state index is 13.2. The summed E-state index contributed by atoms with van der Waals surface area (Å²) in [5.41, 5.74) is 0.875. The Morgan fingerprint density at radius 1 is 1.24 bits per heavy atom. The number of sulfone groups is 1. The summed E-state index contributed by atoms with van der Waals surface area (Å²) in [5.74, 6) is -0.635. The van der Waals surface area contributed by atoms with Crippen molar-refractivity contribution in [3.05, 3.63) is 54.9 Å². The zero-order valence-corrected chi connectivity index (χ0v) is 20.1. The Labute approximate surface area is 199 Å². The lowest BCUT2D eigenvalue weighted by Gasteiger charge is -2.19. The van der Waals surface area contributed by atoms with Crippen LogP contribution in [0.2, 0.25) is 5.02 Å². The van der Waals surface area contributed by atoms with Gasteiger partial charge in [-0.05, 0) is 49.3 Å². The number of nitro groups is 1. The number of nitrogens with zero attached hydrogens (tertiary/aromatic N) is 1. The van der Waals surface area contributed by atoms with Crippen LogP contribution < -0.4 is 10.6 Å². The second kappa shape index (κ2) is 9.03. The molecule has 0 bridgehead atoms. The molecule has 2 N–H and O–H groups in total. The van der Waals surface area contributed by atoms with Crippen LogP contribution in [0.3, 0.4) is 0 Å². The average molecular weight is 512 g/mol. The van der Waals surface area contributed by atoms with Crippen LogP contribution in [-0.2, 0) is 22.7 Å². The topological polar surface area (TPSA) is 135 Å². The lowest BCUT2D eigenvalue weighted by Crippen LogP contribution is -2.36. The quantitative estimate of drug-likeness (QED) is 0.465. The summed E-state index contributed by atoms with van der Waals surface area (Å²) in [6.07, 6.45) is 2.72. The Balaban J connectivity index is 1.64. The Kier molecular flexibility index (Phi) is 6.47. The standard InChI is InChI=1S/C21H22ClN3O6S2/c1-11-2-4-14-17(8-11)32-21(18(14)20(27)23-13-6-7-33(30,31)10-13)24-19(26)12-3-5-15(22)16(9-12)25(28)29/h3,5,9,11,13H,2,4,6-8,10H2,1H3,(H,23,27)(H,24,26). The summed E-state index contributed by atoms with van der Waals surface area (Å²) in [4.78, 5) is 37.6. The van der Waals surface area contributed by atoms with Crippen molar-refractivity contribution in [2.24, 2.45) is 5.92 Å². The van der Waals surface area contributed by atoms with Crippen molar-refractivity contribution in [2.75, 3.05) is 16.8 Å². The zero-order valence-electron chi connectivity index (χ0n) is 17.7. The van der Waals surface area contributed by atoms with Crippen molar-refractivity contribution < 1.29 is 22.9 Å². The molecule has 9 nitrogen and oxygen atoms in total. The molecule has 1 aliphatic carbocycles. The molecule has 2 amide bonds. The number of nitro benzene ring substituents is 1. The van der Waals surface area contributed by atoms with Gasteiger partial charge in [0.05, 0.1) is 22.0 Å². The molecule has 1 aliphatic heterocycles. The molecule has 0 spiro atoms. The first kappa shape index (κ1) is 23.7. The van der Waals surface area contributed by atoms with Gasteiger partial charge < -0.3 is 10.6 Å². The normalized spacial score (nSPS) is 21.3. The molecule has 4 rings (SSSR count). The molecule has 1 saturated heterocycles. The number of hydrogen-bond donors (Lipinski definition) is 2. The first-order valence-electron chi connectivity index (χ1n) is 10.4. The number of nitrogens with one attached hydrogen (secondary N) is 2. The number of halogens is 1. The van der Waals surface area contributed by atoms with E-state index < -0.39 is 32.6 Å². The molecule has 2 unspecified atom stereocenters. The van der Waals surface area contributed by atoms with E-state index in [-0.39, 0.29) is 27.8 Å². The SMILES string of the molecule is CC1CCc2c(sc(NC(=O)c3ccc(Cl)c([N+](=O)[O-])c3)c2C(=O)NC2CCS(=O)(=O)C2)C1. The third-order valence-electron chi connectivity index (χ3n) is 5.94. The van der Waals surface area contributed by atoms with Gasteiger partial charge in [0.1, 0.15) is 10.0 Å². The van der Waals surface area contributed by atoms with Crippen molar-refractivity contribution in [2.45, 2.75) is 38.6 Å². The maximum absolute atomic E-state index is 13.2. The Morgan fingerprint density at radius 3 is 2.67 bits per heavy atom. The Morgan fingerprint density at radius 2 is 2.00 bits per heavy atom. The van der Waals surface area contributed by atoms with Crippen molar-refractivity contribution >= 4 is 55.3 Å². The summed E-state index contributed by atoms with van der Waals surface area (Å²) in [6, 6.07) is 3.28. The fourth-order valence-corrected chi connectivity index (χ4v) is 7.48. The van der Waals surface area contributed by atoms with Crippen LogP contribution in [0.5, 0.6) is 0 Å². The molecule has 1 fully saturated rings. The minimum atomic E-state index is -3.16. The molecule has 12 heteroatoms. The Bertz CT molecular complexity index is 1260. The van der Waals surface area contributed by atoms with E-state index in [0.717, 1.165) is 29.3 Å². The highest BCUT2D eigenvalue weighted by Crippen LogP contribution is 2.40. The first-order valence-corrected chi connectivity index (χ1v) is 13.5. The molecule has 2 aromatic rings. The zero-order chi connectivity index (χ0) is 23.9. The van der Waals surface area contributed by atoms with Crippen LogP contribution in [0.1, 0.15) is 50.9 Å². The highest BCUT2D eigenvalue weighted by atomic mass is 35.5. The number of rotatable bonds is 5. The van der Waals surface area contributed by atoms with Gasteiger partial charge in [-0.25, -0.2) is 8.42 Å². The molecule has 2 aliphatic rings. The van der Waals surface area contributed by atoms with E-state index in [1.807, 2.05) is 0 Å². The third-order valence-corrected chi connectivity index (χ3v) is 9.20. The first-order chi connectivity index (χ1) is 15.5. The van der Waals surface area contributed by atoms with Crippen LogP contribution in [-0.4, -0.2) is 42.7 Å². The third kappa shape index (κ3) is 5.04. The minimum Gasteiger partial charge on any atom is -0.348 e. The van der Waals surface area contributed by atoms with Crippen LogP contribution in [0.15, 0.2) is 18.2 Å². The summed E-state index contributed by atoms with van der Waals surface area (Å²) < 4.78 is 23.6. The molecule has 176 valence electrons. The second-order valence-corrected chi connectivity index (χ2v) is 12.2. The minimum absolute atomic E-state index is 0.0378. The molecular formula is C21H22ClN3O6S2. The van der Waals surface area contributed by atoms with Crippen LogP contribution in [0.4, 0.5) is 10.7 Å². The van der Waals surface area contributed by atoms with Gasteiger partial charge in [-0.2, -0.15) is 0 Å². The smallest absolute Gasteiger partial charge is 0.288 e. The molecule has 0 radical (unpaired) electrons. The van der Waals surface area contributed by atoms with Crippen LogP contribution in [0.25, 0.3) is 0 Å². The highest BCUT2D eigenvalue weighted by molar-refractivity contribution is 7.91. The number of thiophene rings is 1. The van der Waals surface area contributed by atoms with Crippen molar-refractivity contribution in [1.29, 1.82) is 0 Å². The van der Waals surface area contributed by atoms with Gasteiger partial charge >= 0.3 is 0 Å². The number of amides is 2. The van der Waals surface area contributed by atoms with E-state index in [9.17, 15) is 28.1 Å². The number of carbonyl (C=O) groups excluding carboxylic acids is 2. The molecule has 33 heavy (non-hydrogen) atoms. The van der Waals surface area contributed by atoms with Crippen molar-refractivity contribution in [3.63, 3.8) is 0 Å².